The lowest BCUT2D eigenvalue weighted by atomic mass is 10.0. The number of carbonyl (C=O) groups is 1. The minimum absolute atomic E-state index is 0.127. The Bertz CT molecular complexity index is 1290. The lowest BCUT2D eigenvalue weighted by Gasteiger charge is -2.33. The van der Waals surface area contributed by atoms with E-state index in [1.165, 1.54) is 0 Å². The predicted molar refractivity (Wildman–Crippen MR) is 123 cm³/mol. The molecule has 4 aromatic rings. The quantitative estimate of drug-likeness (QED) is 0.501. The highest BCUT2D eigenvalue weighted by atomic mass is 16.2. The highest BCUT2D eigenvalue weighted by molar-refractivity contribution is 6.10. The third-order valence-corrected chi connectivity index (χ3v) is 6.03. The van der Waals surface area contributed by atoms with Crippen LogP contribution in [0.15, 0.2) is 71.7 Å². The molecule has 1 aliphatic rings. The fourth-order valence-electron chi connectivity index (χ4n) is 4.40. The van der Waals surface area contributed by atoms with E-state index in [1.807, 2.05) is 65.6 Å². The summed E-state index contributed by atoms with van der Waals surface area (Å²) in [6.45, 7) is 1.48. The molecule has 1 amide bonds. The summed E-state index contributed by atoms with van der Waals surface area (Å²) < 4.78 is 0. The van der Waals surface area contributed by atoms with Crippen molar-refractivity contribution in [2.24, 2.45) is 0 Å². The number of benzene rings is 2. The number of nitrogens with zero attached hydrogens (tertiary/aromatic N) is 2. The Morgan fingerprint density at radius 3 is 2.48 bits per heavy atom. The first-order valence-electron chi connectivity index (χ1n) is 10.7. The van der Waals surface area contributed by atoms with E-state index in [1.54, 1.807) is 6.20 Å². The number of likely N-dealkylation sites (tertiary alicyclic amines) is 1. The van der Waals surface area contributed by atoms with E-state index in [4.69, 9.17) is 0 Å². The fourth-order valence-corrected chi connectivity index (χ4v) is 4.40. The maximum Gasteiger partial charge on any atom is 0.257 e. The minimum atomic E-state index is -0.127. The van der Waals surface area contributed by atoms with Crippen LogP contribution >= 0.6 is 0 Å². The van der Waals surface area contributed by atoms with Crippen LogP contribution in [0.1, 0.15) is 18.4 Å². The van der Waals surface area contributed by atoms with Gasteiger partial charge in [0.2, 0.25) is 5.91 Å². The van der Waals surface area contributed by atoms with Crippen LogP contribution in [0.2, 0.25) is 0 Å². The van der Waals surface area contributed by atoms with Gasteiger partial charge in [-0.05, 0) is 30.5 Å². The van der Waals surface area contributed by atoms with Gasteiger partial charge in [0.15, 0.2) is 0 Å². The predicted octanol–water partition coefficient (Wildman–Crippen LogP) is 3.72. The van der Waals surface area contributed by atoms with E-state index < -0.39 is 0 Å². The van der Waals surface area contributed by atoms with E-state index in [9.17, 15) is 9.59 Å². The number of pyridine rings is 2. The van der Waals surface area contributed by atoms with Crippen LogP contribution in [0.25, 0.3) is 21.8 Å². The SMILES string of the molecule is O=C(Cc1ccccc1)N1CCC(Nc2ccnc3[nH]c(=O)c4ccccc4c23)CC1. The first-order valence-corrected chi connectivity index (χ1v) is 10.7. The van der Waals surface area contributed by atoms with Crippen molar-refractivity contribution in [1.82, 2.24) is 14.9 Å². The van der Waals surface area contributed by atoms with Gasteiger partial charge in [-0.2, -0.15) is 0 Å². The normalized spacial score (nSPS) is 14.8. The number of amides is 1. The molecule has 0 bridgehead atoms. The molecule has 0 atom stereocenters. The average molecular weight is 412 g/mol. The summed E-state index contributed by atoms with van der Waals surface area (Å²) in [5, 5.41) is 6.13. The number of hydrogen-bond donors (Lipinski definition) is 2. The van der Waals surface area contributed by atoms with E-state index in [2.05, 4.69) is 15.3 Å². The molecule has 5 rings (SSSR count). The van der Waals surface area contributed by atoms with Crippen LogP contribution in [0.4, 0.5) is 5.69 Å². The highest BCUT2D eigenvalue weighted by Crippen LogP contribution is 2.28. The number of anilines is 1. The van der Waals surface area contributed by atoms with Crippen LogP contribution < -0.4 is 10.9 Å². The molecule has 2 aromatic heterocycles. The van der Waals surface area contributed by atoms with Crippen LogP contribution in [-0.2, 0) is 11.2 Å². The van der Waals surface area contributed by atoms with Gasteiger partial charge in [-0.15, -0.1) is 0 Å². The van der Waals surface area contributed by atoms with Gasteiger partial charge in [0, 0.05) is 47.2 Å². The number of carbonyl (C=O) groups excluding carboxylic acids is 1. The largest absolute Gasteiger partial charge is 0.382 e. The first-order chi connectivity index (χ1) is 15.2. The van der Waals surface area contributed by atoms with Gasteiger partial charge in [-0.1, -0.05) is 48.5 Å². The minimum Gasteiger partial charge on any atom is -0.382 e. The second-order valence-electron chi connectivity index (χ2n) is 8.04. The van der Waals surface area contributed by atoms with Crippen molar-refractivity contribution >= 4 is 33.4 Å². The summed E-state index contributed by atoms with van der Waals surface area (Å²) in [5.41, 5.74) is 2.48. The number of hydrogen-bond acceptors (Lipinski definition) is 4. The van der Waals surface area contributed by atoms with Crippen LogP contribution in [0.5, 0.6) is 0 Å². The summed E-state index contributed by atoms with van der Waals surface area (Å²) in [7, 11) is 0. The van der Waals surface area contributed by atoms with Gasteiger partial charge >= 0.3 is 0 Å². The van der Waals surface area contributed by atoms with Crippen LogP contribution in [0, 0.1) is 0 Å². The van der Waals surface area contributed by atoms with Crippen LogP contribution in [0.3, 0.4) is 0 Å². The monoisotopic (exact) mass is 412 g/mol. The van der Waals surface area contributed by atoms with Crippen molar-refractivity contribution in [3.05, 3.63) is 82.8 Å². The maximum absolute atomic E-state index is 12.6. The Hall–Kier alpha value is -3.67. The fraction of sp³-hybridized carbons (Fsp3) is 0.240. The molecule has 2 N–H and O–H groups in total. The van der Waals surface area contributed by atoms with Gasteiger partial charge < -0.3 is 15.2 Å². The number of rotatable bonds is 4. The molecule has 1 fully saturated rings. The van der Waals surface area contributed by atoms with E-state index in [-0.39, 0.29) is 17.5 Å². The molecule has 6 heteroatoms. The smallest absolute Gasteiger partial charge is 0.257 e. The second-order valence-corrected chi connectivity index (χ2v) is 8.04. The number of aromatic amines is 1. The van der Waals surface area contributed by atoms with Crippen LogP contribution in [-0.4, -0.2) is 39.9 Å². The Kier molecular flexibility index (Phi) is 5.12. The van der Waals surface area contributed by atoms with E-state index in [0.717, 1.165) is 48.0 Å². The zero-order valence-electron chi connectivity index (χ0n) is 17.2. The average Bonchev–Trinajstić information content (AvgIpc) is 2.80. The zero-order chi connectivity index (χ0) is 21.2. The Labute approximate surface area is 179 Å². The van der Waals surface area contributed by atoms with Crippen molar-refractivity contribution in [3.63, 3.8) is 0 Å². The summed E-state index contributed by atoms with van der Waals surface area (Å²) in [5.74, 6) is 0.183. The lowest BCUT2D eigenvalue weighted by molar-refractivity contribution is -0.131. The topological polar surface area (TPSA) is 78.1 Å². The third-order valence-electron chi connectivity index (χ3n) is 6.03. The van der Waals surface area contributed by atoms with E-state index in [0.29, 0.717) is 17.5 Å². The molecule has 0 aliphatic carbocycles. The molecular weight excluding hydrogens is 388 g/mol. The maximum atomic E-state index is 12.6. The summed E-state index contributed by atoms with van der Waals surface area (Å²) in [6, 6.07) is 19.7. The number of H-pyrrole nitrogens is 1. The van der Waals surface area contributed by atoms with Gasteiger partial charge in [-0.25, -0.2) is 4.98 Å². The highest BCUT2D eigenvalue weighted by Gasteiger charge is 2.23. The molecule has 2 aromatic carbocycles. The van der Waals surface area contributed by atoms with Crippen molar-refractivity contribution in [2.75, 3.05) is 18.4 Å². The summed E-state index contributed by atoms with van der Waals surface area (Å²) in [4.78, 5) is 34.3. The van der Waals surface area contributed by atoms with Crippen molar-refractivity contribution in [2.45, 2.75) is 25.3 Å². The first kappa shape index (κ1) is 19.3. The van der Waals surface area contributed by atoms with Crippen molar-refractivity contribution in [3.8, 4) is 0 Å². The molecule has 1 aliphatic heterocycles. The molecule has 1 saturated heterocycles. The number of fused-ring (bicyclic) bond motifs is 3. The van der Waals surface area contributed by atoms with Gasteiger partial charge in [-0.3, -0.25) is 9.59 Å². The Morgan fingerprint density at radius 1 is 1.00 bits per heavy atom. The van der Waals surface area contributed by atoms with Gasteiger partial charge in [0.05, 0.1) is 6.42 Å². The summed E-state index contributed by atoms with van der Waals surface area (Å²) in [6.07, 6.45) is 3.93. The number of aromatic nitrogens is 2. The molecule has 0 spiro atoms. The molecule has 0 saturated carbocycles. The van der Waals surface area contributed by atoms with Crippen molar-refractivity contribution in [1.29, 1.82) is 0 Å². The molecule has 156 valence electrons. The Morgan fingerprint density at radius 2 is 1.71 bits per heavy atom. The molecule has 31 heavy (non-hydrogen) atoms. The van der Waals surface area contributed by atoms with Crippen molar-refractivity contribution < 1.29 is 4.79 Å². The number of nitrogens with one attached hydrogen (secondary N) is 2. The molecule has 3 heterocycles. The lowest BCUT2D eigenvalue weighted by Crippen LogP contribution is -2.43. The third kappa shape index (κ3) is 3.89. The van der Waals surface area contributed by atoms with Gasteiger partial charge in [0.25, 0.3) is 5.56 Å². The molecular formula is C25H24N4O2. The second kappa shape index (κ2) is 8.22. The molecule has 0 unspecified atom stereocenters. The Balaban J connectivity index is 1.32. The van der Waals surface area contributed by atoms with Gasteiger partial charge in [0.1, 0.15) is 5.65 Å². The zero-order valence-corrected chi connectivity index (χ0v) is 17.2. The standard InChI is InChI=1S/C25H24N4O2/c30-22(16-17-6-2-1-3-7-17)29-14-11-18(12-15-29)27-21-10-13-26-24-23(21)19-8-4-5-9-20(19)25(31)28-24/h1-10,13,18H,11-12,14-16H2,(H2,26,27,28,31). The molecule has 0 radical (unpaired) electrons. The van der Waals surface area contributed by atoms with E-state index >= 15 is 0 Å². The summed E-state index contributed by atoms with van der Waals surface area (Å²) >= 11 is 0. The molecule has 6 nitrogen and oxygen atoms in total. The number of piperidine rings is 1.